The lowest BCUT2D eigenvalue weighted by Gasteiger charge is -2.19. The zero-order valence-electron chi connectivity index (χ0n) is 12.6. The molecule has 2 atom stereocenters. The Labute approximate surface area is 147 Å². The highest BCUT2D eigenvalue weighted by molar-refractivity contribution is 9.10. The van der Waals surface area contributed by atoms with Crippen LogP contribution >= 0.6 is 27.5 Å². The maximum atomic E-state index is 12.9. The van der Waals surface area contributed by atoms with E-state index >= 15 is 0 Å². The number of halogens is 3. The summed E-state index contributed by atoms with van der Waals surface area (Å²) < 4.78 is 19.2. The second-order valence-electron chi connectivity index (χ2n) is 5.12. The van der Waals surface area contributed by atoms with Gasteiger partial charge in [0.05, 0.1) is 10.5 Å². The molecule has 0 heterocycles. The Kier molecular flexibility index (Phi) is 6.02. The van der Waals surface area contributed by atoms with E-state index in [1.807, 2.05) is 6.92 Å². The van der Waals surface area contributed by atoms with Gasteiger partial charge >= 0.3 is 0 Å². The Morgan fingerprint density at radius 1 is 1.22 bits per heavy atom. The topological polar surface area (TPSA) is 38.3 Å². The lowest BCUT2D eigenvalue weighted by Crippen LogP contribution is -2.37. The molecule has 0 radical (unpaired) electrons. The van der Waals surface area contributed by atoms with Gasteiger partial charge in [-0.2, -0.15) is 0 Å². The van der Waals surface area contributed by atoms with Crippen molar-refractivity contribution in [3.05, 3.63) is 63.3 Å². The van der Waals surface area contributed by atoms with E-state index in [0.717, 1.165) is 5.56 Å². The van der Waals surface area contributed by atoms with Crippen LogP contribution in [-0.4, -0.2) is 12.0 Å². The van der Waals surface area contributed by atoms with E-state index in [2.05, 4.69) is 21.2 Å². The van der Waals surface area contributed by atoms with Crippen molar-refractivity contribution in [1.82, 2.24) is 5.32 Å². The molecule has 6 heteroatoms. The van der Waals surface area contributed by atoms with Crippen LogP contribution in [0, 0.1) is 5.82 Å². The Bertz CT molecular complexity index is 693. The monoisotopic (exact) mass is 399 g/mol. The van der Waals surface area contributed by atoms with Gasteiger partial charge in [0.15, 0.2) is 6.10 Å². The second kappa shape index (κ2) is 7.79. The van der Waals surface area contributed by atoms with Gasteiger partial charge in [-0.3, -0.25) is 4.79 Å². The van der Waals surface area contributed by atoms with E-state index in [4.69, 9.17) is 16.3 Å². The van der Waals surface area contributed by atoms with Crippen LogP contribution in [0.4, 0.5) is 4.39 Å². The zero-order valence-corrected chi connectivity index (χ0v) is 15.0. The van der Waals surface area contributed by atoms with Crippen LogP contribution in [0.1, 0.15) is 25.5 Å². The average Bonchev–Trinajstić information content (AvgIpc) is 2.50. The Hall–Kier alpha value is -1.59. The average molecular weight is 401 g/mol. The largest absolute Gasteiger partial charge is 0.480 e. The fraction of sp³-hybridized carbons (Fsp3) is 0.235. The summed E-state index contributed by atoms with van der Waals surface area (Å²) in [6.07, 6.45) is -0.685. The van der Waals surface area contributed by atoms with Gasteiger partial charge in [-0.1, -0.05) is 23.7 Å². The molecule has 2 aromatic carbocycles. The van der Waals surface area contributed by atoms with Crippen LogP contribution in [0.2, 0.25) is 5.02 Å². The normalized spacial score (nSPS) is 13.3. The van der Waals surface area contributed by atoms with Crippen molar-refractivity contribution in [1.29, 1.82) is 0 Å². The van der Waals surface area contributed by atoms with Crippen molar-refractivity contribution >= 4 is 33.4 Å². The van der Waals surface area contributed by atoms with E-state index in [9.17, 15) is 9.18 Å². The lowest BCUT2D eigenvalue weighted by molar-refractivity contribution is -0.127. The number of hydrogen-bond donors (Lipinski definition) is 1. The Morgan fingerprint density at radius 2 is 1.87 bits per heavy atom. The molecule has 0 saturated carbocycles. The van der Waals surface area contributed by atoms with E-state index < -0.39 is 6.10 Å². The molecule has 0 bridgehead atoms. The minimum atomic E-state index is -0.685. The SMILES string of the molecule is C[C@H](NC(=O)[C@@H](C)Oc1ccc(Cl)cc1Br)c1ccc(F)cc1. The van der Waals surface area contributed by atoms with Gasteiger partial charge in [0.25, 0.3) is 5.91 Å². The highest BCUT2D eigenvalue weighted by Gasteiger charge is 2.18. The maximum absolute atomic E-state index is 12.9. The summed E-state index contributed by atoms with van der Waals surface area (Å²) in [5.41, 5.74) is 0.819. The summed E-state index contributed by atoms with van der Waals surface area (Å²) in [4.78, 5) is 12.2. The molecule has 122 valence electrons. The number of nitrogens with one attached hydrogen (secondary N) is 1. The lowest BCUT2D eigenvalue weighted by atomic mass is 10.1. The fourth-order valence-corrected chi connectivity index (χ4v) is 2.76. The summed E-state index contributed by atoms with van der Waals surface area (Å²) >= 11 is 9.21. The van der Waals surface area contributed by atoms with Crippen molar-refractivity contribution in [2.75, 3.05) is 0 Å². The molecule has 1 N–H and O–H groups in total. The first kappa shape index (κ1) is 17.8. The van der Waals surface area contributed by atoms with Crippen molar-refractivity contribution in [3.8, 4) is 5.75 Å². The smallest absolute Gasteiger partial charge is 0.261 e. The first-order chi connectivity index (χ1) is 10.9. The predicted molar refractivity (Wildman–Crippen MR) is 92.2 cm³/mol. The van der Waals surface area contributed by atoms with Crippen molar-refractivity contribution < 1.29 is 13.9 Å². The molecule has 0 spiro atoms. The van der Waals surface area contributed by atoms with Crippen molar-refractivity contribution in [2.24, 2.45) is 0 Å². The first-order valence-corrected chi connectivity index (χ1v) is 8.21. The maximum Gasteiger partial charge on any atom is 0.261 e. The molecule has 0 aliphatic rings. The third kappa shape index (κ3) is 4.94. The van der Waals surface area contributed by atoms with Crippen molar-refractivity contribution in [2.45, 2.75) is 26.0 Å². The number of hydrogen-bond acceptors (Lipinski definition) is 2. The first-order valence-electron chi connectivity index (χ1n) is 7.04. The predicted octanol–water partition coefficient (Wildman–Crippen LogP) is 4.89. The van der Waals surface area contributed by atoms with Gasteiger partial charge in [0.2, 0.25) is 0 Å². The zero-order chi connectivity index (χ0) is 17.0. The molecule has 1 amide bonds. The molecule has 0 fully saturated rings. The van der Waals surface area contributed by atoms with Gasteiger partial charge in [0.1, 0.15) is 11.6 Å². The summed E-state index contributed by atoms with van der Waals surface area (Å²) in [6, 6.07) is 10.8. The number of rotatable bonds is 5. The molecule has 3 nitrogen and oxygen atoms in total. The molecule has 2 aromatic rings. The van der Waals surface area contributed by atoms with Crippen molar-refractivity contribution in [3.63, 3.8) is 0 Å². The minimum absolute atomic E-state index is 0.247. The van der Waals surface area contributed by atoms with Gasteiger partial charge in [-0.15, -0.1) is 0 Å². The van der Waals surface area contributed by atoms with Crippen LogP contribution in [0.5, 0.6) is 5.75 Å². The fourth-order valence-electron chi connectivity index (χ4n) is 1.98. The number of amides is 1. The standard InChI is InChI=1S/C17H16BrClFNO2/c1-10(12-3-6-14(20)7-4-12)21-17(22)11(2)23-16-8-5-13(19)9-15(16)18/h3-11H,1-2H3,(H,21,22)/t10-,11+/m0/s1. The van der Waals surface area contributed by atoms with E-state index in [0.29, 0.717) is 15.2 Å². The second-order valence-corrected chi connectivity index (χ2v) is 6.41. The molecular formula is C17H16BrClFNO2. The third-order valence-corrected chi connectivity index (χ3v) is 4.15. The quantitative estimate of drug-likeness (QED) is 0.776. The molecular weight excluding hydrogens is 385 g/mol. The van der Waals surface area contributed by atoms with E-state index in [1.54, 1.807) is 37.3 Å². The number of carbonyl (C=O) groups is 1. The van der Waals surface area contributed by atoms with Crippen LogP contribution in [0.15, 0.2) is 46.9 Å². The van der Waals surface area contributed by atoms with Gasteiger partial charge in [0, 0.05) is 5.02 Å². The molecule has 0 aliphatic heterocycles. The molecule has 0 aromatic heterocycles. The van der Waals surface area contributed by atoms with Crippen LogP contribution < -0.4 is 10.1 Å². The number of carbonyl (C=O) groups excluding carboxylic acids is 1. The summed E-state index contributed by atoms with van der Waals surface area (Å²) in [6.45, 7) is 3.49. The van der Waals surface area contributed by atoms with Gasteiger partial charge in [-0.25, -0.2) is 4.39 Å². The van der Waals surface area contributed by atoms with Gasteiger partial charge in [-0.05, 0) is 65.7 Å². The molecule has 0 aliphatic carbocycles. The van der Waals surface area contributed by atoms with Crippen LogP contribution in [0.25, 0.3) is 0 Å². The molecule has 23 heavy (non-hydrogen) atoms. The molecule has 2 rings (SSSR count). The summed E-state index contributed by atoms with van der Waals surface area (Å²) in [5, 5.41) is 3.41. The Morgan fingerprint density at radius 3 is 2.48 bits per heavy atom. The molecule has 0 unspecified atom stereocenters. The highest BCUT2D eigenvalue weighted by Crippen LogP contribution is 2.28. The van der Waals surface area contributed by atoms with E-state index in [1.165, 1.54) is 12.1 Å². The summed E-state index contributed by atoms with van der Waals surface area (Å²) in [5.74, 6) is -0.0354. The van der Waals surface area contributed by atoms with Gasteiger partial charge < -0.3 is 10.1 Å². The number of benzene rings is 2. The number of ether oxygens (including phenoxy) is 1. The van der Waals surface area contributed by atoms with Crippen LogP contribution in [-0.2, 0) is 4.79 Å². The summed E-state index contributed by atoms with van der Waals surface area (Å²) in [7, 11) is 0. The van der Waals surface area contributed by atoms with E-state index in [-0.39, 0.29) is 17.8 Å². The Balaban J connectivity index is 1.98. The molecule has 0 saturated heterocycles. The third-order valence-electron chi connectivity index (χ3n) is 3.30. The minimum Gasteiger partial charge on any atom is -0.480 e. The van der Waals surface area contributed by atoms with Crippen LogP contribution in [0.3, 0.4) is 0 Å². The highest BCUT2D eigenvalue weighted by atomic mass is 79.9.